The highest BCUT2D eigenvalue weighted by Gasteiger charge is 2.16. The Hall–Kier alpha value is -2.66. The highest BCUT2D eigenvalue weighted by Crippen LogP contribution is 2.24. The molecule has 1 atom stereocenters. The van der Waals surface area contributed by atoms with Gasteiger partial charge in [0.05, 0.1) is 10.9 Å². The van der Waals surface area contributed by atoms with E-state index in [1.54, 1.807) is 12.1 Å². The molecule has 5 heteroatoms. The fourth-order valence-electron chi connectivity index (χ4n) is 2.92. The average molecular weight is 412 g/mol. The lowest BCUT2D eigenvalue weighted by Gasteiger charge is -2.20. The van der Waals surface area contributed by atoms with Gasteiger partial charge in [0.2, 0.25) is 0 Å². The third kappa shape index (κ3) is 5.67. The van der Waals surface area contributed by atoms with E-state index in [-0.39, 0.29) is 29.8 Å². The van der Waals surface area contributed by atoms with E-state index in [0.717, 1.165) is 11.1 Å². The number of nitrogens with one attached hydrogen (secondary N) is 1. The van der Waals surface area contributed by atoms with E-state index >= 15 is 0 Å². The normalized spacial score (nSPS) is 12.4. The Kier molecular flexibility index (Phi) is 6.38. The highest BCUT2D eigenvalue weighted by molar-refractivity contribution is 7.12. The number of carbonyl (C=O) groups is 1. The van der Waals surface area contributed by atoms with Gasteiger partial charge in [-0.15, -0.1) is 11.3 Å². The van der Waals surface area contributed by atoms with E-state index in [1.165, 1.54) is 29.0 Å². The molecule has 0 spiro atoms. The molecule has 0 saturated heterocycles. The van der Waals surface area contributed by atoms with E-state index in [9.17, 15) is 9.18 Å². The Morgan fingerprint density at radius 1 is 1.14 bits per heavy atom. The first-order valence-electron chi connectivity index (χ1n) is 9.59. The van der Waals surface area contributed by atoms with Gasteiger partial charge in [-0.05, 0) is 47.0 Å². The molecule has 0 radical (unpaired) electrons. The second-order valence-electron chi connectivity index (χ2n) is 8.13. The largest absolute Gasteiger partial charge is 0.489 e. The lowest BCUT2D eigenvalue weighted by Crippen LogP contribution is -2.26. The molecule has 152 valence electrons. The van der Waals surface area contributed by atoms with Crippen molar-refractivity contribution in [2.75, 3.05) is 0 Å². The SMILES string of the molecule is CC(NC(=O)c1cc(COc2cccc(F)c2)cs1)c1ccc(C(C)(C)C)cc1. The number of rotatable bonds is 6. The number of hydrogen-bond donors (Lipinski definition) is 1. The van der Waals surface area contributed by atoms with Crippen LogP contribution in [-0.4, -0.2) is 5.91 Å². The quantitative estimate of drug-likeness (QED) is 0.520. The fourth-order valence-corrected chi connectivity index (χ4v) is 3.72. The van der Waals surface area contributed by atoms with Crippen LogP contribution in [0.15, 0.2) is 60.0 Å². The van der Waals surface area contributed by atoms with Gasteiger partial charge in [-0.1, -0.05) is 51.1 Å². The molecule has 1 unspecified atom stereocenters. The van der Waals surface area contributed by atoms with Crippen molar-refractivity contribution in [1.29, 1.82) is 0 Å². The van der Waals surface area contributed by atoms with Gasteiger partial charge < -0.3 is 10.1 Å². The molecule has 1 aromatic heterocycles. The predicted molar refractivity (Wildman–Crippen MR) is 116 cm³/mol. The number of hydrogen-bond acceptors (Lipinski definition) is 3. The summed E-state index contributed by atoms with van der Waals surface area (Å²) in [5, 5.41) is 4.93. The van der Waals surface area contributed by atoms with Crippen molar-refractivity contribution < 1.29 is 13.9 Å². The Morgan fingerprint density at radius 2 is 1.86 bits per heavy atom. The Morgan fingerprint density at radius 3 is 2.52 bits per heavy atom. The number of halogens is 1. The van der Waals surface area contributed by atoms with Crippen molar-refractivity contribution in [1.82, 2.24) is 5.32 Å². The third-order valence-electron chi connectivity index (χ3n) is 4.70. The summed E-state index contributed by atoms with van der Waals surface area (Å²) in [5.41, 5.74) is 3.32. The average Bonchev–Trinajstić information content (AvgIpc) is 3.15. The lowest BCUT2D eigenvalue weighted by molar-refractivity contribution is 0.0944. The van der Waals surface area contributed by atoms with Crippen LogP contribution in [0, 0.1) is 5.82 Å². The molecular formula is C24H26FNO2S. The maximum absolute atomic E-state index is 13.2. The maximum Gasteiger partial charge on any atom is 0.261 e. The summed E-state index contributed by atoms with van der Waals surface area (Å²) in [6.45, 7) is 8.81. The van der Waals surface area contributed by atoms with Crippen LogP contribution in [-0.2, 0) is 12.0 Å². The van der Waals surface area contributed by atoms with Gasteiger partial charge in [0, 0.05) is 11.6 Å². The minimum atomic E-state index is -0.336. The number of ether oxygens (including phenoxy) is 1. The fraction of sp³-hybridized carbons (Fsp3) is 0.292. The van der Waals surface area contributed by atoms with Crippen molar-refractivity contribution in [3.63, 3.8) is 0 Å². The van der Waals surface area contributed by atoms with Gasteiger partial charge in [0.1, 0.15) is 18.2 Å². The Balaban J connectivity index is 1.58. The second kappa shape index (κ2) is 8.78. The lowest BCUT2D eigenvalue weighted by atomic mass is 9.86. The summed E-state index contributed by atoms with van der Waals surface area (Å²) >= 11 is 1.37. The molecule has 3 aromatic rings. The van der Waals surface area contributed by atoms with E-state index < -0.39 is 0 Å². The van der Waals surface area contributed by atoms with Crippen LogP contribution in [0.5, 0.6) is 5.75 Å². The molecular weight excluding hydrogens is 385 g/mol. The van der Waals surface area contributed by atoms with E-state index in [1.807, 2.05) is 18.4 Å². The Bertz CT molecular complexity index is 973. The predicted octanol–water partition coefficient (Wildman–Crippen LogP) is 6.25. The van der Waals surface area contributed by atoms with Crippen molar-refractivity contribution in [3.05, 3.63) is 87.4 Å². The van der Waals surface area contributed by atoms with Gasteiger partial charge >= 0.3 is 0 Å². The molecule has 0 bridgehead atoms. The summed E-state index contributed by atoms with van der Waals surface area (Å²) in [7, 11) is 0. The smallest absolute Gasteiger partial charge is 0.261 e. The van der Waals surface area contributed by atoms with Crippen LogP contribution in [0.2, 0.25) is 0 Å². The number of carbonyl (C=O) groups excluding carboxylic acids is 1. The van der Waals surface area contributed by atoms with Crippen molar-refractivity contribution >= 4 is 17.2 Å². The van der Waals surface area contributed by atoms with Gasteiger partial charge in [0.15, 0.2) is 0 Å². The zero-order valence-corrected chi connectivity index (χ0v) is 18.0. The zero-order valence-electron chi connectivity index (χ0n) is 17.2. The molecule has 0 aliphatic heterocycles. The molecule has 0 aliphatic rings. The van der Waals surface area contributed by atoms with Gasteiger partial charge in [-0.2, -0.15) is 0 Å². The van der Waals surface area contributed by atoms with E-state index in [2.05, 4.69) is 50.4 Å². The molecule has 0 aliphatic carbocycles. The van der Waals surface area contributed by atoms with Crippen molar-refractivity contribution in [3.8, 4) is 5.75 Å². The standard InChI is InChI=1S/C24H26FNO2S/c1-16(18-8-10-19(11-9-18)24(2,3)4)26-23(27)22-12-17(15-29-22)14-28-21-7-5-6-20(25)13-21/h5-13,15-16H,14H2,1-4H3,(H,26,27). The summed E-state index contributed by atoms with van der Waals surface area (Å²) in [6.07, 6.45) is 0. The summed E-state index contributed by atoms with van der Waals surface area (Å²) in [4.78, 5) is 13.2. The van der Waals surface area contributed by atoms with Crippen LogP contribution >= 0.6 is 11.3 Å². The molecule has 1 heterocycles. The summed E-state index contributed by atoms with van der Waals surface area (Å²) in [5.74, 6) is 0.0198. The first-order chi connectivity index (χ1) is 13.7. The summed E-state index contributed by atoms with van der Waals surface area (Å²) in [6, 6.07) is 16.1. The third-order valence-corrected chi connectivity index (χ3v) is 5.68. The van der Waals surface area contributed by atoms with Gasteiger partial charge in [-0.25, -0.2) is 4.39 Å². The van der Waals surface area contributed by atoms with Crippen LogP contribution in [0.3, 0.4) is 0 Å². The molecule has 0 fully saturated rings. The number of benzene rings is 2. The topological polar surface area (TPSA) is 38.3 Å². The highest BCUT2D eigenvalue weighted by atomic mass is 32.1. The molecule has 3 nitrogen and oxygen atoms in total. The minimum absolute atomic E-state index is 0.0920. The first-order valence-corrected chi connectivity index (χ1v) is 10.5. The van der Waals surface area contributed by atoms with Crippen LogP contribution in [0.25, 0.3) is 0 Å². The Labute approximate surface area is 175 Å². The molecule has 3 rings (SSSR count). The minimum Gasteiger partial charge on any atom is -0.489 e. The first kappa shape index (κ1) is 21.1. The molecule has 1 N–H and O–H groups in total. The maximum atomic E-state index is 13.2. The molecule has 0 saturated carbocycles. The monoisotopic (exact) mass is 411 g/mol. The van der Waals surface area contributed by atoms with Crippen LogP contribution < -0.4 is 10.1 Å². The molecule has 29 heavy (non-hydrogen) atoms. The van der Waals surface area contributed by atoms with E-state index in [4.69, 9.17) is 4.74 Å². The zero-order chi connectivity index (χ0) is 21.0. The van der Waals surface area contributed by atoms with Crippen LogP contribution in [0.1, 0.15) is 60.1 Å². The molecule has 2 aromatic carbocycles. The summed E-state index contributed by atoms with van der Waals surface area (Å²) < 4.78 is 18.8. The molecule has 1 amide bonds. The van der Waals surface area contributed by atoms with Crippen LogP contribution in [0.4, 0.5) is 4.39 Å². The van der Waals surface area contributed by atoms with Crippen molar-refractivity contribution in [2.45, 2.75) is 45.8 Å². The van der Waals surface area contributed by atoms with Gasteiger partial charge in [0.25, 0.3) is 5.91 Å². The van der Waals surface area contributed by atoms with Gasteiger partial charge in [-0.3, -0.25) is 4.79 Å². The van der Waals surface area contributed by atoms with E-state index in [0.29, 0.717) is 10.6 Å². The number of thiophene rings is 1. The van der Waals surface area contributed by atoms with Crippen molar-refractivity contribution in [2.24, 2.45) is 0 Å². The number of amides is 1. The second-order valence-corrected chi connectivity index (χ2v) is 9.04.